The average molecular weight is 562 g/mol. The normalized spacial score (nSPS) is 11.0. The highest BCUT2D eigenvalue weighted by molar-refractivity contribution is 5.85. The molecule has 4 aromatic carbocycles. The van der Waals surface area contributed by atoms with Gasteiger partial charge in [-0.25, -0.2) is 4.39 Å². The number of aryl methyl sites for hydroxylation is 2. The minimum Gasteiger partial charge on any atom is -0.361 e. The molecule has 0 atom stereocenters. The molecule has 0 saturated heterocycles. The average Bonchev–Trinajstić information content (AvgIpc) is 3.43. The maximum Gasteiger partial charge on any atom is 0.242 e. The van der Waals surface area contributed by atoms with E-state index in [4.69, 9.17) is 0 Å². The van der Waals surface area contributed by atoms with Crippen LogP contribution in [0.3, 0.4) is 0 Å². The van der Waals surface area contributed by atoms with Crippen LogP contribution in [0.5, 0.6) is 0 Å². The number of fused-ring (bicyclic) bond motifs is 1. The van der Waals surface area contributed by atoms with Crippen LogP contribution in [0.15, 0.2) is 109 Å². The van der Waals surface area contributed by atoms with Crippen LogP contribution < -0.4 is 0 Å². The molecule has 5 rings (SSSR count). The molecule has 6 heteroatoms. The van der Waals surface area contributed by atoms with Crippen molar-refractivity contribution >= 4 is 22.7 Å². The second-order valence-electron chi connectivity index (χ2n) is 10.8. The van der Waals surface area contributed by atoms with Crippen LogP contribution >= 0.6 is 0 Å². The van der Waals surface area contributed by atoms with Gasteiger partial charge in [0.25, 0.3) is 0 Å². The lowest BCUT2D eigenvalue weighted by Gasteiger charge is -2.28. The predicted molar refractivity (Wildman–Crippen MR) is 165 cm³/mol. The van der Waals surface area contributed by atoms with E-state index in [1.807, 2.05) is 90.8 Å². The minimum atomic E-state index is -0.335. The fourth-order valence-corrected chi connectivity index (χ4v) is 5.16. The Morgan fingerprint density at radius 1 is 0.690 bits per heavy atom. The molecule has 0 aliphatic rings. The molecule has 1 N–H and O–H groups in total. The Morgan fingerprint density at radius 3 is 2.07 bits per heavy atom. The van der Waals surface area contributed by atoms with E-state index in [9.17, 15) is 14.0 Å². The molecule has 0 saturated carbocycles. The van der Waals surface area contributed by atoms with Gasteiger partial charge in [0.15, 0.2) is 0 Å². The van der Waals surface area contributed by atoms with Crippen molar-refractivity contribution in [3.8, 4) is 0 Å². The quantitative estimate of drug-likeness (QED) is 0.181. The third-order valence-corrected chi connectivity index (χ3v) is 7.61. The Labute approximate surface area is 246 Å². The summed E-state index contributed by atoms with van der Waals surface area (Å²) in [5.74, 6) is -0.563. The van der Waals surface area contributed by atoms with E-state index >= 15 is 0 Å². The van der Waals surface area contributed by atoms with Crippen LogP contribution in [-0.4, -0.2) is 39.7 Å². The van der Waals surface area contributed by atoms with Crippen LogP contribution in [0.25, 0.3) is 10.9 Å². The molecule has 0 spiro atoms. The number of aromatic nitrogens is 1. The summed E-state index contributed by atoms with van der Waals surface area (Å²) in [6.45, 7) is 3.19. The van der Waals surface area contributed by atoms with Crippen molar-refractivity contribution in [2.24, 2.45) is 0 Å². The monoisotopic (exact) mass is 561 g/mol. The topological polar surface area (TPSA) is 56.4 Å². The Balaban J connectivity index is 1.35. The fraction of sp³-hybridized carbons (Fsp3) is 0.222. The van der Waals surface area contributed by atoms with Crippen molar-refractivity contribution in [3.05, 3.63) is 143 Å². The molecule has 0 unspecified atom stereocenters. The number of hydrogen-bond acceptors (Lipinski definition) is 2. The van der Waals surface area contributed by atoms with Gasteiger partial charge < -0.3 is 14.8 Å². The lowest BCUT2D eigenvalue weighted by molar-refractivity contribution is -0.141. The number of H-pyrrole nitrogens is 1. The van der Waals surface area contributed by atoms with E-state index in [0.29, 0.717) is 25.9 Å². The van der Waals surface area contributed by atoms with E-state index in [0.717, 1.165) is 38.7 Å². The second-order valence-corrected chi connectivity index (χ2v) is 10.8. The number of hydrogen-bond donors (Lipinski definition) is 1. The van der Waals surface area contributed by atoms with Gasteiger partial charge in [-0.1, -0.05) is 90.5 Å². The maximum atomic E-state index is 13.9. The molecule has 5 aromatic rings. The van der Waals surface area contributed by atoms with Crippen LogP contribution in [0, 0.1) is 12.7 Å². The molecule has 0 bridgehead atoms. The zero-order valence-corrected chi connectivity index (χ0v) is 23.9. The van der Waals surface area contributed by atoms with Crippen molar-refractivity contribution < 1.29 is 14.0 Å². The van der Waals surface area contributed by atoms with E-state index < -0.39 is 0 Å². The molecule has 0 aliphatic heterocycles. The van der Waals surface area contributed by atoms with Gasteiger partial charge in [0.1, 0.15) is 12.4 Å². The lowest BCUT2D eigenvalue weighted by Crippen LogP contribution is -2.43. The predicted octanol–water partition coefficient (Wildman–Crippen LogP) is 6.85. The van der Waals surface area contributed by atoms with Crippen LogP contribution in [0.1, 0.15) is 34.2 Å². The summed E-state index contributed by atoms with van der Waals surface area (Å²) in [4.78, 5) is 34.2. The van der Waals surface area contributed by atoms with Crippen LogP contribution in [0.4, 0.5) is 4.39 Å². The molecular formula is C36H36FN3O2. The SMILES string of the molecule is Cc1ccc(CN(CCc2c[nH]c3ccccc23)C(=O)CN(Cc2ccc(F)cc2)C(=O)CCc2ccccc2)cc1. The molecule has 5 nitrogen and oxygen atoms in total. The van der Waals surface area contributed by atoms with Gasteiger partial charge in [0, 0.05) is 43.2 Å². The van der Waals surface area contributed by atoms with Gasteiger partial charge in [0.05, 0.1) is 0 Å². The summed E-state index contributed by atoms with van der Waals surface area (Å²) in [6.07, 6.45) is 3.56. The lowest BCUT2D eigenvalue weighted by atomic mass is 10.1. The van der Waals surface area contributed by atoms with Crippen LogP contribution in [-0.2, 0) is 35.5 Å². The second kappa shape index (κ2) is 13.8. The number of carbonyl (C=O) groups excluding carboxylic acids is 2. The largest absolute Gasteiger partial charge is 0.361 e. The number of aromatic amines is 1. The zero-order valence-electron chi connectivity index (χ0n) is 23.9. The van der Waals surface area contributed by atoms with E-state index in [2.05, 4.69) is 11.1 Å². The van der Waals surface area contributed by atoms with Crippen molar-refractivity contribution in [3.63, 3.8) is 0 Å². The highest BCUT2D eigenvalue weighted by Crippen LogP contribution is 2.19. The number of benzene rings is 4. The summed E-state index contributed by atoms with van der Waals surface area (Å²) in [5.41, 5.74) is 6.26. The van der Waals surface area contributed by atoms with Gasteiger partial charge in [0.2, 0.25) is 11.8 Å². The first-order chi connectivity index (χ1) is 20.4. The summed E-state index contributed by atoms with van der Waals surface area (Å²) in [5, 5.41) is 1.15. The smallest absolute Gasteiger partial charge is 0.242 e. The van der Waals surface area contributed by atoms with Gasteiger partial charge in [-0.2, -0.15) is 0 Å². The summed E-state index contributed by atoms with van der Waals surface area (Å²) in [7, 11) is 0. The molecule has 1 heterocycles. The van der Waals surface area contributed by atoms with Crippen molar-refractivity contribution in [1.82, 2.24) is 14.8 Å². The van der Waals surface area contributed by atoms with Gasteiger partial charge in [-0.05, 0) is 60.2 Å². The summed E-state index contributed by atoms with van der Waals surface area (Å²) < 4.78 is 13.6. The standard InChI is InChI=1S/C36H36FN3O2/c1-27-11-13-29(14-12-27)24-39(22-21-31-23-38-34-10-6-5-9-33(31)34)36(42)26-40(25-30-15-18-32(37)19-16-30)35(41)20-17-28-7-3-2-4-8-28/h2-16,18-19,23,38H,17,20-22,24-26H2,1H3. The van der Waals surface area contributed by atoms with Gasteiger partial charge in [-0.15, -0.1) is 0 Å². The Morgan fingerprint density at radius 2 is 1.33 bits per heavy atom. The highest BCUT2D eigenvalue weighted by atomic mass is 19.1. The number of nitrogens with zero attached hydrogens (tertiary/aromatic N) is 2. The summed E-state index contributed by atoms with van der Waals surface area (Å²) >= 11 is 0. The summed E-state index contributed by atoms with van der Waals surface area (Å²) in [6, 6.07) is 32.3. The number of para-hydroxylation sites is 1. The molecule has 214 valence electrons. The zero-order chi connectivity index (χ0) is 29.3. The first-order valence-electron chi connectivity index (χ1n) is 14.4. The van der Waals surface area contributed by atoms with Crippen LogP contribution in [0.2, 0.25) is 0 Å². The number of carbonyl (C=O) groups is 2. The highest BCUT2D eigenvalue weighted by Gasteiger charge is 2.22. The van der Waals surface area contributed by atoms with E-state index in [-0.39, 0.29) is 37.1 Å². The number of amides is 2. The first kappa shape index (κ1) is 28.8. The molecular weight excluding hydrogens is 525 g/mol. The molecule has 0 aliphatic carbocycles. The van der Waals surface area contributed by atoms with Crippen molar-refractivity contribution in [2.75, 3.05) is 13.1 Å². The Bertz CT molecular complexity index is 1610. The molecule has 0 fully saturated rings. The third kappa shape index (κ3) is 7.72. The van der Waals surface area contributed by atoms with Crippen molar-refractivity contribution in [1.29, 1.82) is 0 Å². The molecule has 2 amide bonds. The molecule has 42 heavy (non-hydrogen) atoms. The van der Waals surface area contributed by atoms with E-state index in [1.165, 1.54) is 12.1 Å². The Kier molecular flexibility index (Phi) is 9.44. The maximum absolute atomic E-state index is 13.9. The minimum absolute atomic E-state index is 0.0508. The fourth-order valence-electron chi connectivity index (χ4n) is 5.16. The third-order valence-electron chi connectivity index (χ3n) is 7.61. The van der Waals surface area contributed by atoms with Gasteiger partial charge >= 0.3 is 0 Å². The van der Waals surface area contributed by atoms with E-state index in [1.54, 1.807) is 17.0 Å². The number of halogens is 1. The molecule has 1 aromatic heterocycles. The Hall–Kier alpha value is -4.71. The first-order valence-corrected chi connectivity index (χ1v) is 14.4. The molecule has 0 radical (unpaired) electrons. The van der Waals surface area contributed by atoms with Gasteiger partial charge in [-0.3, -0.25) is 9.59 Å². The number of nitrogens with one attached hydrogen (secondary N) is 1. The number of rotatable bonds is 12. The van der Waals surface area contributed by atoms with Crippen molar-refractivity contribution in [2.45, 2.75) is 39.3 Å².